The minimum Gasteiger partial charge on any atom is -0.496 e. The Bertz CT molecular complexity index is 1100. The number of benzene rings is 2. The third-order valence-electron chi connectivity index (χ3n) is 5.16. The predicted octanol–water partition coefficient (Wildman–Crippen LogP) is 3.57. The van der Waals surface area contributed by atoms with Gasteiger partial charge in [-0.15, -0.1) is 0 Å². The molecule has 2 aromatic rings. The van der Waals surface area contributed by atoms with Gasteiger partial charge in [0.2, 0.25) is 15.9 Å². The average Bonchev–Trinajstić information content (AvgIpc) is 2.77. The van der Waals surface area contributed by atoms with Gasteiger partial charge < -0.3 is 9.64 Å². The molecule has 32 heavy (non-hydrogen) atoms. The van der Waals surface area contributed by atoms with Crippen LogP contribution in [0.15, 0.2) is 53.4 Å². The number of alkyl halides is 3. The first kappa shape index (κ1) is 23.8. The molecule has 0 unspecified atom stereocenters. The second kappa shape index (κ2) is 9.33. The Kier molecular flexibility index (Phi) is 6.94. The molecule has 1 amide bonds. The molecule has 0 aliphatic carbocycles. The van der Waals surface area contributed by atoms with Gasteiger partial charge >= 0.3 is 6.18 Å². The maximum absolute atomic E-state index is 12.8. The number of sulfonamides is 1. The molecular formula is C22H23F3N2O4S. The maximum atomic E-state index is 12.8. The maximum Gasteiger partial charge on any atom is 0.416 e. The highest BCUT2D eigenvalue weighted by atomic mass is 32.2. The zero-order chi connectivity index (χ0) is 23.5. The minimum absolute atomic E-state index is 0.0523. The van der Waals surface area contributed by atoms with E-state index < -0.39 is 21.8 Å². The number of carbonyl (C=O) groups is 1. The van der Waals surface area contributed by atoms with Gasteiger partial charge in [0.25, 0.3) is 0 Å². The van der Waals surface area contributed by atoms with Crippen molar-refractivity contribution in [2.24, 2.45) is 0 Å². The van der Waals surface area contributed by atoms with Crippen LogP contribution >= 0.6 is 0 Å². The summed E-state index contributed by atoms with van der Waals surface area (Å²) in [5.74, 6) is 0.368. The lowest BCUT2D eigenvalue weighted by Gasteiger charge is -2.33. The summed E-state index contributed by atoms with van der Waals surface area (Å²) in [6.45, 7) is 2.38. The van der Waals surface area contributed by atoms with Crippen molar-refractivity contribution in [3.05, 3.63) is 65.2 Å². The highest BCUT2D eigenvalue weighted by molar-refractivity contribution is 7.89. The van der Waals surface area contributed by atoms with Crippen molar-refractivity contribution in [3.8, 4) is 5.75 Å². The van der Waals surface area contributed by atoms with Gasteiger partial charge in [0, 0.05) is 37.8 Å². The number of carbonyl (C=O) groups excluding carboxylic acids is 1. The SMILES string of the molecule is COc1ccc(C)cc1/C=C/C(=O)N1CCN(S(=O)(=O)c2ccc(C(F)(F)F)cc2)CC1. The van der Waals surface area contributed by atoms with Gasteiger partial charge in [0.15, 0.2) is 0 Å². The topological polar surface area (TPSA) is 66.9 Å². The van der Waals surface area contributed by atoms with Crippen molar-refractivity contribution in [1.82, 2.24) is 9.21 Å². The molecule has 0 bridgehead atoms. The summed E-state index contributed by atoms with van der Waals surface area (Å²) in [6.07, 6.45) is -1.47. The second-order valence-corrected chi connectivity index (χ2v) is 9.27. The monoisotopic (exact) mass is 468 g/mol. The molecular weight excluding hydrogens is 445 g/mol. The van der Waals surface area contributed by atoms with Crippen LogP contribution in [0, 0.1) is 6.92 Å². The lowest BCUT2D eigenvalue weighted by molar-refractivity contribution is -0.137. The Hall–Kier alpha value is -2.85. The van der Waals surface area contributed by atoms with Crippen molar-refractivity contribution in [3.63, 3.8) is 0 Å². The third-order valence-corrected chi connectivity index (χ3v) is 7.07. The zero-order valence-corrected chi connectivity index (χ0v) is 18.4. The summed E-state index contributed by atoms with van der Waals surface area (Å²) >= 11 is 0. The van der Waals surface area contributed by atoms with E-state index in [1.165, 1.54) is 15.3 Å². The molecule has 0 atom stereocenters. The fourth-order valence-corrected chi connectivity index (χ4v) is 4.79. The van der Waals surface area contributed by atoms with Crippen molar-refractivity contribution < 1.29 is 31.1 Å². The molecule has 1 heterocycles. The molecule has 0 saturated carbocycles. The molecule has 1 aliphatic heterocycles. The number of ether oxygens (including phenoxy) is 1. The summed E-state index contributed by atoms with van der Waals surface area (Å²) in [4.78, 5) is 13.9. The molecule has 0 aromatic heterocycles. The van der Waals surface area contributed by atoms with Crippen LogP contribution in [0.1, 0.15) is 16.7 Å². The number of hydrogen-bond acceptors (Lipinski definition) is 4. The molecule has 10 heteroatoms. The average molecular weight is 468 g/mol. The Morgan fingerprint density at radius 3 is 2.22 bits per heavy atom. The predicted molar refractivity (Wildman–Crippen MR) is 114 cm³/mol. The largest absolute Gasteiger partial charge is 0.496 e. The van der Waals surface area contributed by atoms with E-state index in [1.54, 1.807) is 13.2 Å². The molecule has 0 spiro atoms. The summed E-state index contributed by atoms with van der Waals surface area (Å²) < 4.78 is 70.1. The minimum atomic E-state index is -4.54. The molecule has 1 aliphatic rings. The smallest absolute Gasteiger partial charge is 0.416 e. The first-order chi connectivity index (χ1) is 15.0. The summed E-state index contributed by atoms with van der Waals surface area (Å²) in [5, 5.41) is 0. The van der Waals surface area contributed by atoms with Crippen LogP contribution in [0.25, 0.3) is 6.08 Å². The molecule has 3 rings (SSSR count). The van der Waals surface area contributed by atoms with Crippen molar-refractivity contribution >= 4 is 22.0 Å². The standard InChI is InChI=1S/C22H23F3N2O4S/c1-16-3-9-20(31-2)17(15-16)4-10-21(28)26-11-13-27(14-12-26)32(29,30)19-7-5-18(6-8-19)22(23,24)25/h3-10,15H,11-14H2,1-2H3/b10-4+. The van der Waals surface area contributed by atoms with E-state index in [0.717, 1.165) is 35.4 Å². The van der Waals surface area contributed by atoms with Crippen molar-refractivity contribution in [1.29, 1.82) is 0 Å². The first-order valence-electron chi connectivity index (χ1n) is 9.81. The number of hydrogen-bond donors (Lipinski definition) is 0. The zero-order valence-electron chi connectivity index (χ0n) is 17.6. The van der Waals surface area contributed by atoms with Crippen LogP contribution in [0.3, 0.4) is 0 Å². The van der Waals surface area contributed by atoms with Crippen molar-refractivity contribution in [2.45, 2.75) is 18.0 Å². The summed E-state index contributed by atoms with van der Waals surface area (Å²) in [6, 6.07) is 8.99. The fourth-order valence-electron chi connectivity index (χ4n) is 3.36. The third kappa shape index (κ3) is 5.31. The van der Waals surface area contributed by atoms with Crippen LogP contribution in [0.5, 0.6) is 5.75 Å². The lowest BCUT2D eigenvalue weighted by atomic mass is 10.1. The quantitative estimate of drug-likeness (QED) is 0.630. The Morgan fingerprint density at radius 1 is 1.03 bits per heavy atom. The summed E-state index contributed by atoms with van der Waals surface area (Å²) in [7, 11) is -2.41. The van der Waals surface area contributed by atoms with E-state index in [0.29, 0.717) is 5.75 Å². The van der Waals surface area contributed by atoms with Crippen LogP contribution in [-0.4, -0.2) is 56.8 Å². The Morgan fingerprint density at radius 2 is 1.66 bits per heavy atom. The number of amides is 1. The number of methoxy groups -OCH3 is 1. The van der Waals surface area contributed by atoms with Gasteiger partial charge in [0.1, 0.15) is 5.75 Å². The highest BCUT2D eigenvalue weighted by Crippen LogP contribution is 2.30. The molecule has 0 N–H and O–H groups in total. The number of nitrogens with zero attached hydrogens (tertiary/aromatic N) is 2. The molecule has 1 saturated heterocycles. The van der Waals surface area contributed by atoms with E-state index in [-0.39, 0.29) is 37.0 Å². The van der Waals surface area contributed by atoms with Gasteiger partial charge in [0.05, 0.1) is 17.6 Å². The number of aryl methyl sites for hydroxylation is 1. The van der Waals surface area contributed by atoms with Crippen LogP contribution in [0.4, 0.5) is 13.2 Å². The van der Waals surface area contributed by atoms with E-state index in [2.05, 4.69) is 0 Å². The van der Waals surface area contributed by atoms with Gasteiger partial charge in [-0.05, 0) is 49.4 Å². The van der Waals surface area contributed by atoms with Gasteiger partial charge in [-0.2, -0.15) is 17.5 Å². The van der Waals surface area contributed by atoms with E-state index in [1.807, 2.05) is 25.1 Å². The normalized spacial score (nSPS) is 15.8. The van der Waals surface area contributed by atoms with Crippen LogP contribution in [0.2, 0.25) is 0 Å². The molecule has 2 aromatic carbocycles. The molecule has 6 nitrogen and oxygen atoms in total. The van der Waals surface area contributed by atoms with Gasteiger partial charge in [-0.1, -0.05) is 11.6 Å². The molecule has 0 radical (unpaired) electrons. The lowest BCUT2D eigenvalue weighted by Crippen LogP contribution is -2.50. The first-order valence-corrected chi connectivity index (χ1v) is 11.3. The van der Waals surface area contributed by atoms with Crippen LogP contribution in [-0.2, 0) is 21.0 Å². The van der Waals surface area contributed by atoms with Crippen molar-refractivity contribution in [2.75, 3.05) is 33.3 Å². The van der Waals surface area contributed by atoms with E-state index >= 15 is 0 Å². The number of rotatable bonds is 5. The van der Waals surface area contributed by atoms with E-state index in [9.17, 15) is 26.4 Å². The molecule has 1 fully saturated rings. The number of piperazine rings is 1. The highest BCUT2D eigenvalue weighted by Gasteiger charge is 2.33. The second-order valence-electron chi connectivity index (χ2n) is 7.33. The van der Waals surface area contributed by atoms with Gasteiger partial charge in [-0.25, -0.2) is 8.42 Å². The Balaban J connectivity index is 1.64. The van der Waals surface area contributed by atoms with E-state index in [4.69, 9.17) is 4.74 Å². The summed E-state index contributed by atoms with van der Waals surface area (Å²) in [5.41, 5.74) is 0.855. The Labute approximate surface area is 184 Å². The fraction of sp³-hybridized carbons (Fsp3) is 0.318. The molecule has 172 valence electrons. The van der Waals surface area contributed by atoms with Crippen LogP contribution < -0.4 is 4.74 Å². The van der Waals surface area contributed by atoms with Gasteiger partial charge in [-0.3, -0.25) is 4.79 Å². The number of halogens is 3.